The van der Waals surface area contributed by atoms with Gasteiger partial charge < -0.3 is 9.84 Å². The van der Waals surface area contributed by atoms with Gasteiger partial charge in [-0.25, -0.2) is 13.1 Å². The Balaban J connectivity index is 4.32. The number of rotatable bonds is 8. The number of ether oxygens (including phenoxy) is 1. The maximum absolute atomic E-state index is 11.3. The average molecular weight is 239 g/mol. The smallest absolute Gasteiger partial charge is 0.321 e. The summed E-state index contributed by atoms with van der Waals surface area (Å²) < 4.78 is 29.4. The van der Waals surface area contributed by atoms with Crippen molar-refractivity contribution in [2.24, 2.45) is 0 Å². The van der Waals surface area contributed by atoms with Gasteiger partial charge in [0.1, 0.15) is 6.04 Å². The number of aliphatic carboxylic acids is 1. The van der Waals surface area contributed by atoms with Gasteiger partial charge in [0.15, 0.2) is 0 Å². The topological polar surface area (TPSA) is 92.7 Å². The molecule has 0 aliphatic carbocycles. The average Bonchev–Trinajstić information content (AvgIpc) is 2.14. The largest absolute Gasteiger partial charge is 0.480 e. The second kappa shape index (κ2) is 6.76. The molecule has 0 aliphatic rings. The lowest BCUT2D eigenvalue weighted by molar-refractivity contribution is -0.139. The summed E-state index contributed by atoms with van der Waals surface area (Å²) in [7, 11) is -2.18. The summed E-state index contributed by atoms with van der Waals surface area (Å²) >= 11 is 0. The molecule has 0 saturated carbocycles. The molecule has 0 heterocycles. The van der Waals surface area contributed by atoms with Crippen LogP contribution in [-0.4, -0.2) is 45.0 Å². The Labute approximate surface area is 89.7 Å². The van der Waals surface area contributed by atoms with Gasteiger partial charge in [0, 0.05) is 7.11 Å². The second-order valence-corrected chi connectivity index (χ2v) is 4.98. The lowest BCUT2D eigenvalue weighted by Crippen LogP contribution is -2.42. The molecule has 0 spiro atoms. The van der Waals surface area contributed by atoms with Crippen molar-refractivity contribution < 1.29 is 23.1 Å². The van der Waals surface area contributed by atoms with Crippen LogP contribution in [0.25, 0.3) is 0 Å². The number of sulfonamides is 1. The minimum Gasteiger partial charge on any atom is -0.480 e. The van der Waals surface area contributed by atoms with E-state index in [0.717, 1.165) is 0 Å². The van der Waals surface area contributed by atoms with Crippen molar-refractivity contribution in [3.63, 3.8) is 0 Å². The zero-order valence-corrected chi connectivity index (χ0v) is 9.71. The van der Waals surface area contributed by atoms with E-state index in [1.54, 1.807) is 6.92 Å². The van der Waals surface area contributed by atoms with Gasteiger partial charge in [0.25, 0.3) is 0 Å². The lowest BCUT2D eigenvalue weighted by Gasteiger charge is -2.13. The van der Waals surface area contributed by atoms with E-state index in [9.17, 15) is 13.2 Å². The van der Waals surface area contributed by atoms with Crippen LogP contribution in [0.3, 0.4) is 0 Å². The molecule has 0 aromatic rings. The van der Waals surface area contributed by atoms with E-state index in [4.69, 9.17) is 5.11 Å². The minimum absolute atomic E-state index is 0.0494. The highest BCUT2D eigenvalue weighted by Gasteiger charge is 2.22. The molecule has 0 fully saturated rings. The zero-order chi connectivity index (χ0) is 11.9. The molecule has 0 saturated heterocycles. The fraction of sp³-hybridized carbons (Fsp3) is 0.875. The standard InChI is InChI=1S/C8H17NO5S/c1-3-4-7(8(10)11)9-15(12,13)6-5-14-2/h7,9H,3-6H2,1-2H3,(H,10,11)/t7-/m0/s1. The Kier molecular flexibility index (Phi) is 6.46. The predicted molar refractivity (Wildman–Crippen MR) is 55.1 cm³/mol. The van der Waals surface area contributed by atoms with Crippen molar-refractivity contribution in [3.05, 3.63) is 0 Å². The Morgan fingerprint density at radius 2 is 2.13 bits per heavy atom. The second-order valence-electron chi connectivity index (χ2n) is 3.11. The molecule has 6 nitrogen and oxygen atoms in total. The molecule has 0 aromatic heterocycles. The van der Waals surface area contributed by atoms with Crippen LogP contribution in [0.5, 0.6) is 0 Å². The SMILES string of the molecule is CCC[C@H](NS(=O)(=O)CCOC)C(=O)O. The van der Waals surface area contributed by atoms with E-state index in [2.05, 4.69) is 9.46 Å². The minimum atomic E-state index is -3.57. The molecule has 7 heteroatoms. The van der Waals surface area contributed by atoms with Gasteiger partial charge in [-0.05, 0) is 6.42 Å². The highest BCUT2D eigenvalue weighted by Crippen LogP contribution is 1.99. The highest BCUT2D eigenvalue weighted by atomic mass is 32.2. The summed E-state index contributed by atoms with van der Waals surface area (Å²) in [6.45, 7) is 1.84. The monoisotopic (exact) mass is 239 g/mol. The van der Waals surface area contributed by atoms with Gasteiger partial charge in [0.2, 0.25) is 10.0 Å². The molecule has 0 unspecified atom stereocenters. The summed E-state index contributed by atoms with van der Waals surface area (Å²) in [5.74, 6) is -1.38. The summed E-state index contributed by atoms with van der Waals surface area (Å²) in [5, 5.41) is 8.73. The van der Waals surface area contributed by atoms with Gasteiger partial charge in [0.05, 0.1) is 12.4 Å². The number of carboxylic acids is 1. The van der Waals surface area contributed by atoms with Crippen molar-refractivity contribution in [1.82, 2.24) is 4.72 Å². The van der Waals surface area contributed by atoms with Crippen LogP contribution in [0.15, 0.2) is 0 Å². The van der Waals surface area contributed by atoms with E-state index >= 15 is 0 Å². The first kappa shape index (κ1) is 14.3. The first-order valence-corrected chi connectivity index (χ1v) is 6.30. The highest BCUT2D eigenvalue weighted by molar-refractivity contribution is 7.89. The van der Waals surface area contributed by atoms with Crippen LogP contribution in [0.4, 0.5) is 0 Å². The third kappa shape index (κ3) is 6.43. The number of carbonyl (C=O) groups is 1. The van der Waals surface area contributed by atoms with Gasteiger partial charge >= 0.3 is 5.97 Å². The predicted octanol–water partition coefficient (Wildman–Crippen LogP) is -0.194. The Morgan fingerprint density at radius 1 is 1.53 bits per heavy atom. The van der Waals surface area contributed by atoms with Crippen LogP contribution >= 0.6 is 0 Å². The fourth-order valence-corrected chi connectivity index (χ4v) is 2.15. The number of carboxylic acid groups (broad SMARTS) is 1. The van der Waals surface area contributed by atoms with Crippen LogP contribution < -0.4 is 4.72 Å². The van der Waals surface area contributed by atoms with E-state index in [0.29, 0.717) is 6.42 Å². The summed E-state index contributed by atoms with van der Waals surface area (Å²) in [4.78, 5) is 10.7. The number of nitrogens with one attached hydrogen (secondary N) is 1. The molecule has 90 valence electrons. The fourth-order valence-electron chi connectivity index (χ4n) is 0.990. The van der Waals surface area contributed by atoms with E-state index in [1.807, 2.05) is 0 Å². The lowest BCUT2D eigenvalue weighted by atomic mass is 10.2. The normalized spacial score (nSPS) is 13.7. The maximum atomic E-state index is 11.3. The molecule has 1 atom stereocenters. The number of methoxy groups -OCH3 is 1. The Bertz CT molecular complexity index is 287. The third-order valence-corrected chi connectivity index (χ3v) is 3.10. The quantitative estimate of drug-likeness (QED) is 0.612. The molecule has 0 radical (unpaired) electrons. The summed E-state index contributed by atoms with van der Waals surface area (Å²) in [5.41, 5.74) is 0. The molecule has 0 aromatic carbocycles. The molecule has 0 rings (SSSR count). The molecule has 15 heavy (non-hydrogen) atoms. The van der Waals surface area contributed by atoms with Gasteiger partial charge in [-0.3, -0.25) is 4.79 Å². The molecular formula is C8H17NO5S. The van der Waals surface area contributed by atoms with Crippen molar-refractivity contribution >= 4 is 16.0 Å². The first-order chi connectivity index (χ1) is 6.93. The van der Waals surface area contributed by atoms with Gasteiger partial charge in [-0.15, -0.1) is 0 Å². The third-order valence-electron chi connectivity index (χ3n) is 1.75. The molecule has 0 amide bonds. The number of hydrogen-bond donors (Lipinski definition) is 2. The maximum Gasteiger partial charge on any atom is 0.321 e. The van der Waals surface area contributed by atoms with Crippen molar-refractivity contribution in [2.45, 2.75) is 25.8 Å². The van der Waals surface area contributed by atoms with Gasteiger partial charge in [-0.1, -0.05) is 13.3 Å². The molecule has 0 aliphatic heterocycles. The van der Waals surface area contributed by atoms with E-state index in [1.165, 1.54) is 7.11 Å². The van der Waals surface area contributed by atoms with E-state index < -0.39 is 22.0 Å². The first-order valence-electron chi connectivity index (χ1n) is 4.64. The zero-order valence-electron chi connectivity index (χ0n) is 8.89. The Morgan fingerprint density at radius 3 is 2.53 bits per heavy atom. The number of hydrogen-bond acceptors (Lipinski definition) is 4. The van der Waals surface area contributed by atoms with Crippen LogP contribution in [0, 0.1) is 0 Å². The van der Waals surface area contributed by atoms with Gasteiger partial charge in [-0.2, -0.15) is 0 Å². The molecule has 2 N–H and O–H groups in total. The van der Waals surface area contributed by atoms with Crippen LogP contribution in [0.2, 0.25) is 0 Å². The molecule has 0 bridgehead atoms. The van der Waals surface area contributed by atoms with Crippen LogP contribution in [-0.2, 0) is 19.6 Å². The van der Waals surface area contributed by atoms with Crippen molar-refractivity contribution in [2.75, 3.05) is 19.5 Å². The van der Waals surface area contributed by atoms with E-state index in [-0.39, 0.29) is 18.8 Å². The van der Waals surface area contributed by atoms with Crippen molar-refractivity contribution in [1.29, 1.82) is 0 Å². The summed E-state index contributed by atoms with van der Waals surface area (Å²) in [6.07, 6.45) is 0.880. The summed E-state index contributed by atoms with van der Waals surface area (Å²) in [6, 6.07) is -1.04. The Hall–Kier alpha value is -0.660. The molecular weight excluding hydrogens is 222 g/mol. The van der Waals surface area contributed by atoms with Crippen LogP contribution in [0.1, 0.15) is 19.8 Å². The van der Waals surface area contributed by atoms with Crippen molar-refractivity contribution in [3.8, 4) is 0 Å².